The van der Waals surface area contributed by atoms with Crippen molar-refractivity contribution < 1.29 is 31.5 Å². The van der Waals surface area contributed by atoms with E-state index < -0.39 is 22.7 Å². The Morgan fingerprint density at radius 2 is 1.80 bits per heavy atom. The van der Waals surface area contributed by atoms with Gasteiger partial charge in [0.2, 0.25) is 15.9 Å². The Kier molecular flexibility index (Phi) is 7.71. The maximum atomic E-state index is 12.5. The molecular formula is C19H23F2N3O5S. The van der Waals surface area contributed by atoms with Crippen LogP contribution in [0.2, 0.25) is 0 Å². The van der Waals surface area contributed by atoms with E-state index in [4.69, 9.17) is 9.88 Å². The molecule has 0 aliphatic heterocycles. The molecule has 164 valence electrons. The topological polar surface area (TPSA) is 111 Å². The summed E-state index contributed by atoms with van der Waals surface area (Å²) in [6.45, 7) is -0.931. The van der Waals surface area contributed by atoms with Gasteiger partial charge >= 0.3 is 6.61 Å². The molecule has 2 rings (SSSR count). The summed E-state index contributed by atoms with van der Waals surface area (Å²) >= 11 is 0. The second-order valence-electron chi connectivity index (χ2n) is 6.51. The van der Waals surface area contributed by atoms with Gasteiger partial charge in [0.15, 0.2) is 11.5 Å². The number of ether oxygens (including phenoxy) is 2. The van der Waals surface area contributed by atoms with Gasteiger partial charge in [0.25, 0.3) is 0 Å². The first-order valence-electron chi connectivity index (χ1n) is 8.77. The van der Waals surface area contributed by atoms with Gasteiger partial charge in [-0.25, -0.2) is 13.6 Å². The van der Waals surface area contributed by atoms with E-state index >= 15 is 0 Å². The summed E-state index contributed by atoms with van der Waals surface area (Å²) < 4.78 is 56.9. The van der Waals surface area contributed by atoms with Gasteiger partial charge in [-0.2, -0.15) is 8.78 Å². The number of carbonyl (C=O) groups is 1. The highest BCUT2D eigenvalue weighted by Crippen LogP contribution is 2.30. The van der Waals surface area contributed by atoms with Gasteiger partial charge in [-0.15, -0.1) is 0 Å². The van der Waals surface area contributed by atoms with Gasteiger partial charge in [-0.05, 0) is 55.9 Å². The highest BCUT2D eigenvalue weighted by molar-refractivity contribution is 7.89. The number of nitrogens with one attached hydrogen (secondary N) is 1. The first-order chi connectivity index (χ1) is 14.0. The molecule has 2 aromatic carbocycles. The van der Waals surface area contributed by atoms with Crippen molar-refractivity contribution in [2.24, 2.45) is 5.14 Å². The molecular weight excluding hydrogens is 420 g/mol. The molecule has 3 N–H and O–H groups in total. The number of sulfonamides is 1. The second kappa shape index (κ2) is 9.83. The van der Waals surface area contributed by atoms with Crippen molar-refractivity contribution >= 4 is 21.6 Å². The summed E-state index contributed by atoms with van der Waals surface area (Å²) in [5, 5.41) is 7.74. The number of benzene rings is 2. The van der Waals surface area contributed by atoms with Crippen LogP contribution in [0.4, 0.5) is 14.5 Å². The molecule has 0 aliphatic rings. The summed E-state index contributed by atoms with van der Waals surface area (Å²) in [6.07, 6.45) is 0. The van der Waals surface area contributed by atoms with Crippen molar-refractivity contribution in [3.8, 4) is 11.5 Å². The molecule has 0 saturated carbocycles. The van der Waals surface area contributed by atoms with Crippen LogP contribution in [0.15, 0.2) is 47.4 Å². The molecule has 2 aromatic rings. The van der Waals surface area contributed by atoms with Gasteiger partial charge < -0.3 is 14.8 Å². The molecule has 0 heterocycles. The van der Waals surface area contributed by atoms with E-state index in [2.05, 4.69) is 10.1 Å². The summed E-state index contributed by atoms with van der Waals surface area (Å²) in [7, 11) is -0.738. The minimum atomic E-state index is -3.81. The number of amides is 1. The van der Waals surface area contributed by atoms with E-state index in [1.54, 1.807) is 31.0 Å². The summed E-state index contributed by atoms with van der Waals surface area (Å²) in [4.78, 5) is 14.2. The Morgan fingerprint density at radius 3 is 2.33 bits per heavy atom. The maximum Gasteiger partial charge on any atom is 0.387 e. The average Bonchev–Trinajstić information content (AvgIpc) is 2.67. The smallest absolute Gasteiger partial charge is 0.387 e. The van der Waals surface area contributed by atoms with Gasteiger partial charge in [0, 0.05) is 12.2 Å². The number of nitrogens with two attached hydrogens (primary N) is 1. The zero-order chi connectivity index (χ0) is 22.5. The minimum absolute atomic E-state index is 0.0566. The fourth-order valence-corrected chi connectivity index (χ4v) is 3.12. The summed E-state index contributed by atoms with van der Waals surface area (Å²) in [5.74, 6) is -0.230. The summed E-state index contributed by atoms with van der Waals surface area (Å²) in [6, 6.07) is 9.48. The number of likely N-dealkylation sites (N-methyl/N-ethyl adjacent to an activating group) is 1. The molecule has 0 bridgehead atoms. The van der Waals surface area contributed by atoms with E-state index in [-0.39, 0.29) is 22.3 Å². The predicted molar refractivity (Wildman–Crippen MR) is 107 cm³/mol. The molecule has 0 aromatic heterocycles. The Labute approximate surface area is 173 Å². The molecule has 0 saturated heterocycles. The first kappa shape index (κ1) is 23.5. The van der Waals surface area contributed by atoms with Crippen molar-refractivity contribution in [3.05, 3.63) is 48.0 Å². The monoisotopic (exact) mass is 443 g/mol. The first-order valence-corrected chi connectivity index (χ1v) is 10.3. The third kappa shape index (κ3) is 6.37. The van der Waals surface area contributed by atoms with Crippen molar-refractivity contribution in [2.45, 2.75) is 31.0 Å². The van der Waals surface area contributed by atoms with E-state index in [1.165, 1.54) is 37.4 Å². The Bertz CT molecular complexity index is 984. The molecule has 0 aliphatic carbocycles. The fraction of sp³-hybridized carbons (Fsp3) is 0.316. The zero-order valence-electron chi connectivity index (χ0n) is 16.6. The van der Waals surface area contributed by atoms with Gasteiger partial charge in [0.05, 0.1) is 18.0 Å². The second-order valence-corrected chi connectivity index (χ2v) is 8.07. The molecule has 11 heteroatoms. The van der Waals surface area contributed by atoms with Crippen LogP contribution in [0.3, 0.4) is 0 Å². The number of halogens is 2. The van der Waals surface area contributed by atoms with Crippen LogP contribution in [0, 0.1) is 0 Å². The highest BCUT2D eigenvalue weighted by Gasteiger charge is 2.20. The van der Waals surface area contributed by atoms with Crippen LogP contribution in [0.1, 0.15) is 12.5 Å². The van der Waals surface area contributed by atoms with E-state index in [1.807, 2.05) is 0 Å². The van der Waals surface area contributed by atoms with E-state index in [0.29, 0.717) is 12.2 Å². The van der Waals surface area contributed by atoms with Crippen molar-refractivity contribution in [1.82, 2.24) is 4.90 Å². The Balaban J connectivity index is 2.02. The largest absolute Gasteiger partial charge is 0.493 e. The molecule has 0 fully saturated rings. The molecule has 0 spiro atoms. The number of hydrogen-bond donors (Lipinski definition) is 2. The Morgan fingerprint density at radius 1 is 1.17 bits per heavy atom. The van der Waals surface area contributed by atoms with Gasteiger partial charge in [0.1, 0.15) is 0 Å². The number of carbonyl (C=O) groups excluding carboxylic acids is 1. The van der Waals surface area contributed by atoms with Crippen LogP contribution < -0.4 is 19.9 Å². The van der Waals surface area contributed by atoms with E-state index in [9.17, 15) is 22.0 Å². The number of primary sulfonamides is 1. The number of hydrogen-bond acceptors (Lipinski definition) is 6. The molecule has 0 unspecified atom stereocenters. The number of anilines is 1. The number of methoxy groups -OCH3 is 1. The van der Waals surface area contributed by atoms with Crippen LogP contribution >= 0.6 is 0 Å². The lowest BCUT2D eigenvalue weighted by Gasteiger charge is -2.24. The van der Waals surface area contributed by atoms with Gasteiger partial charge in [-0.3, -0.25) is 9.69 Å². The lowest BCUT2D eigenvalue weighted by molar-refractivity contribution is -0.120. The van der Waals surface area contributed by atoms with Crippen LogP contribution in [0.25, 0.3) is 0 Å². The number of alkyl halides is 2. The maximum absolute atomic E-state index is 12.5. The van der Waals surface area contributed by atoms with Crippen molar-refractivity contribution in [1.29, 1.82) is 0 Å². The highest BCUT2D eigenvalue weighted by atomic mass is 32.2. The SMILES string of the molecule is COc1cc(CN(C)[C@H](C)C(=O)Nc2ccc(S(N)(=O)=O)cc2)ccc1OC(F)F. The quantitative estimate of drug-likeness (QED) is 0.616. The van der Waals surface area contributed by atoms with Crippen LogP contribution in [-0.4, -0.2) is 46.0 Å². The third-order valence-electron chi connectivity index (χ3n) is 4.37. The molecule has 30 heavy (non-hydrogen) atoms. The van der Waals surface area contributed by atoms with Crippen LogP contribution in [0.5, 0.6) is 11.5 Å². The van der Waals surface area contributed by atoms with Crippen molar-refractivity contribution in [2.75, 3.05) is 19.5 Å². The van der Waals surface area contributed by atoms with Crippen molar-refractivity contribution in [3.63, 3.8) is 0 Å². The predicted octanol–water partition coefficient (Wildman–Crippen LogP) is 2.40. The lowest BCUT2D eigenvalue weighted by Crippen LogP contribution is -2.39. The van der Waals surface area contributed by atoms with E-state index in [0.717, 1.165) is 5.56 Å². The molecule has 8 nitrogen and oxygen atoms in total. The number of rotatable bonds is 9. The average molecular weight is 443 g/mol. The zero-order valence-corrected chi connectivity index (χ0v) is 17.4. The fourth-order valence-electron chi connectivity index (χ4n) is 2.60. The normalized spacial score (nSPS) is 12.7. The minimum Gasteiger partial charge on any atom is -0.493 e. The molecule has 0 radical (unpaired) electrons. The Hall–Kier alpha value is -2.76. The number of nitrogens with zero attached hydrogens (tertiary/aromatic N) is 1. The molecule has 1 amide bonds. The third-order valence-corrected chi connectivity index (χ3v) is 5.30. The van der Waals surface area contributed by atoms with Crippen LogP contribution in [-0.2, 0) is 21.4 Å². The molecule has 1 atom stereocenters. The summed E-state index contributed by atoms with van der Waals surface area (Å²) in [5.41, 5.74) is 1.15. The lowest BCUT2D eigenvalue weighted by atomic mass is 10.1. The standard InChI is InChI=1S/C19H23F2N3O5S/c1-12(18(25)23-14-5-7-15(8-6-14)30(22,26)27)24(2)11-13-4-9-16(29-19(20)21)17(10-13)28-3/h4-10,12,19H,11H2,1-3H3,(H,23,25)(H2,22,26,27)/t12-/m1/s1. The van der Waals surface area contributed by atoms with Gasteiger partial charge in [-0.1, -0.05) is 6.07 Å².